The van der Waals surface area contributed by atoms with Gasteiger partial charge in [0, 0.05) is 24.0 Å². The second-order valence-electron chi connectivity index (χ2n) is 7.53. The zero-order valence-corrected chi connectivity index (χ0v) is 19.5. The first kappa shape index (κ1) is 22.4. The molecule has 3 aromatic rings. The van der Waals surface area contributed by atoms with Gasteiger partial charge in [-0.2, -0.15) is 9.41 Å². The molecule has 2 heterocycles. The molecule has 1 fully saturated rings. The van der Waals surface area contributed by atoms with Gasteiger partial charge in [0.15, 0.2) is 0 Å². The van der Waals surface area contributed by atoms with Crippen LogP contribution in [0, 0.1) is 0 Å². The van der Waals surface area contributed by atoms with Crippen LogP contribution in [0.1, 0.15) is 31.2 Å². The zero-order chi connectivity index (χ0) is 22.4. The van der Waals surface area contributed by atoms with Crippen molar-refractivity contribution >= 4 is 32.7 Å². The van der Waals surface area contributed by atoms with Crippen LogP contribution in [0.25, 0.3) is 11.3 Å². The molecule has 32 heavy (non-hydrogen) atoms. The van der Waals surface area contributed by atoms with Gasteiger partial charge in [-0.3, -0.25) is 5.43 Å². The standard InChI is InChI=1S/C23H26N4O3S2/c1-30-20-11-9-18(10-12-20)16-24-26-23-25-22(17-31-23)19-7-6-8-21(15-19)32(28,29)27-13-4-2-3-5-14-27/h6-12,15-17H,2-5,13-14H2,1H3,(H,25,26)/b24-16+. The summed E-state index contributed by atoms with van der Waals surface area (Å²) in [5.41, 5.74) is 5.35. The fraction of sp³-hybridized carbons (Fsp3) is 0.304. The fourth-order valence-corrected chi connectivity index (χ4v) is 5.79. The molecular weight excluding hydrogens is 444 g/mol. The Morgan fingerprint density at radius 3 is 2.56 bits per heavy atom. The van der Waals surface area contributed by atoms with E-state index in [9.17, 15) is 8.42 Å². The number of hydrogen-bond acceptors (Lipinski definition) is 7. The van der Waals surface area contributed by atoms with Crippen molar-refractivity contribution in [3.8, 4) is 17.0 Å². The Morgan fingerprint density at radius 1 is 1.09 bits per heavy atom. The molecule has 0 aliphatic carbocycles. The zero-order valence-electron chi connectivity index (χ0n) is 17.9. The monoisotopic (exact) mass is 470 g/mol. The summed E-state index contributed by atoms with van der Waals surface area (Å²) in [6, 6.07) is 14.6. The van der Waals surface area contributed by atoms with Crippen molar-refractivity contribution in [2.24, 2.45) is 5.10 Å². The highest BCUT2D eigenvalue weighted by molar-refractivity contribution is 7.89. The molecule has 1 N–H and O–H groups in total. The topological polar surface area (TPSA) is 83.9 Å². The number of hydrogen-bond donors (Lipinski definition) is 1. The number of thiazole rings is 1. The number of aromatic nitrogens is 1. The highest BCUT2D eigenvalue weighted by atomic mass is 32.2. The third kappa shape index (κ3) is 5.35. The highest BCUT2D eigenvalue weighted by Gasteiger charge is 2.25. The largest absolute Gasteiger partial charge is 0.497 e. The van der Waals surface area contributed by atoms with Crippen LogP contribution < -0.4 is 10.2 Å². The Bertz CT molecular complexity index is 1170. The van der Waals surface area contributed by atoms with E-state index >= 15 is 0 Å². The van der Waals surface area contributed by atoms with Crippen LogP contribution in [0.5, 0.6) is 5.75 Å². The average Bonchev–Trinajstić information content (AvgIpc) is 3.11. The second-order valence-corrected chi connectivity index (χ2v) is 10.3. The van der Waals surface area contributed by atoms with Crippen molar-refractivity contribution in [3.63, 3.8) is 0 Å². The number of nitrogens with one attached hydrogen (secondary N) is 1. The number of methoxy groups -OCH3 is 1. The summed E-state index contributed by atoms with van der Waals surface area (Å²) in [7, 11) is -1.87. The van der Waals surface area contributed by atoms with Gasteiger partial charge in [0.2, 0.25) is 15.2 Å². The Morgan fingerprint density at radius 2 is 1.84 bits per heavy atom. The van der Waals surface area contributed by atoms with E-state index in [1.165, 1.54) is 11.3 Å². The molecule has 4 rings (SSSR count). The first-order valence-electron chi connectivity index (χ1n) is 10.6. The minimum Gasteiger partial charge on any atom is -0.497 e. The maximum atomic E-state index is 13.1. The van der Waals surface area contributed by atoms with E-state index in [4.69, 9.17) is 4.74 Å². The summed E-state index contributed by atoms with van der Waals surface area (Å²) in [6.07, 6.45) is 5.70. The van der Waals surface area contributed by atoms with Crippen molar-refractivity contribution in [2.45, 2.75) is 30.6 Å². The average molecular weight is 471 g/mol. The third-order valence-corrected chi connectivity index (χ3v) is 7.97. The lowest BCUT2D eigenvalue weighted by atomic mass is 10.2. The molecule has 2 aromatic carbocycles. The van der Waals surface area contributed by atoms with Gasteiger partial charge >= 0.3 is 0 Å². The quantitative estimate of drug-likeness (QED) is 0.395. The summed E-state index contributed by atoms with van der Waals surface area (Å²) in [6.45, 7) is 1.17. The Balaban J connectivity index is 1.46. The lowest BCUT2D eigenvalue weighted by Gasteiger charge is -2.20. The summed E-state index contributed by atoms with van der Waals surface area (Å²) in [4.78, 5) is 4.87. The molecule has 1 saturated heterocycles. The normalized spacial score (nSPS) is 15.5. The molecule has 0 unspecified atom stereocenters. The van der Waals surface area contributed by atoms with Crippen LogP contribution in [-0.2, 0) is 10.0 Å². The molecule has 0 spiro atoms. The van der Waals surface area contributed by atoms with Crippen molar-refractivity contribution in [2.75, 3.05) is 25.6 Å². The van der Waals surface area contributed by atoms with Crippen LogP contribution >= 0.6 is 11.3 Å². The van der Waals surface area contributed by atoms with Crippen LogP contribution in [0.15, 0.2) is 63.9 Å². The van der Waals surface area contributed by atoms with Gasteiger partial charge in [-0.1, -0.05) is 25.0 Å². The summed E-state index contributed by atoms with van der Waals surface area (Å²) < 4.78 is 33.0. The van der Waals surface area contributed by atoms with Gasteiger partial charge in [-0.25, -0.2) is 13.4 Å². The Hall–Kier alpha value is -2.75. The summed E-state index contributed by atoms with van der Waals surface area (Å²) in [5.74, 6) is 0.791. The van der Waals surface area contributed by atoms with E-state index in [1.54, 1.807) is 35.8 Å². The predicted molar refractivity (Wildman–Crippen MR) is 129 cm³/mol. The maximum Gasteiger partial charge on any atom is 0.243 e. The number of nitrogens with zero attached hydrogens (tertiary/aromatic N) is 3. The molecule has 0 atom stereocenters. The number of sulfonamides is 1. The highest BCUT2D eigenvalue weighted by Crippen LogP contribution is 2.28. The first-order valence-corrected chi connectivity index (χ1v) is 12.9. The minimum atomic E-state index is -3.50. The SMILES string of the molecule is COc1ccc(/C=N/Nc2nc(-c3cccc(S(=O)(=O)N4CCCCCC4)c3)cs2)cc1. The smallest absolute Gasteiger partial charge is 0.243 e. The van der Waals surface area contributed by atoms with Gasteiger partial charge in [-0.15, -0.1) is 11.3 Å². The molecule has 0 bridgehead atoms. The summed E-state index contributed by atoms with van der Waals surface area (Å²) >= 11 is 1.41. The predicted octanol–water partition coefficient (Wildman–Crippen LogP) is 4.83. The molecule has 1 aliphatic rings. The summed E-state index contributed by atoms with van der Waals surface area (Å²) in [5, 5.41) is 6.75. The second kappa shape index (κ2) is 10.2. The molecule has 1 aromatic heterocycles. The molecule has 1 aliphatic heterocycles. The Kier molecular flexibility index (Phi) is 7.19. The molecule has 0 radical (unpaired) electrons. The lowest BCUT2D eigenvalue weighted by Crippen LogP contribution is -2.31. The Labute approximate surface area is 192 Å². The number of benzene rings is 2. The maximum absolute atomic E-state index is 13.1. The van der Waals surface area contributed by atoms with E-state index in [1.807, 2.05) is 35.7 Å². The van der Waals surface area contributed by atoms with E-state index in [0.29, 0.717) is 28.8 Å². The number of hydrazone groups is 1. The van der Waals surface area contributed by atoms with E-state index in [-0.39, 0.29) is 0 Å². The van der Waals surface area contributed by atoms with Gasteiger partial charge in [-0.05, 0) is 54.8 Å². The third-order valence-electron chi connectivity index (χ3n) is 5.33. The van der Waals surface area contributed by atoms with E-state index < -0.39 is 10.0 Å². The van der Waals surface area contributed by atoms with Crippen molar-refractivity contribution < 1.29 is 13.2 Å². The molecular formula is C23H26N4O3S2. The van der Waals surface area contributed by atoms with Crippen LogP contribution in [0.2, 0.25) is 0 Å². The van der Waals surface area contributed by atoms with Crippen LogP contribution in [0.3, 0.4) is 0 Å². The number of rotatable bonds is 7. The molecule has 9 heteroatoms. The molecule has 7 nitrogen and oxygen atoms in total. The van der Waals surface area contributed by atoms with E-state index in [2.05, 4.69) is 15.5 Å². The first-order chi connectivity index (χ1) is 15.6. The molecule has 0 saturated carbocycles. The van der Waals surface area contributed by atoms with Gasteiger partial charge in [0.05, 0.1) is 23.9 Å². The van der Waals surface area contributed by atoms with Gasteiger partial charge in [0.25, 0.3) is 0 Å². The van der Waals surface area contributed by atoms with E-state index in [0.717, 1.165) is 42.6 Å². The van der Waals surface area contributed by atoms with Crippen LogP contribution in [-0.4, -0.2) is 44.1 Å². The van der Waals surface area contributed by atoms with Gasteiger partial charge in [0.1, 0.15) is 5.75 Å². The number of anilines is 1. The van der Waals surface area contributed by atoms with Crippen LogP contribution in [0.4, 0.5) is 5.13 Å². The van der Waals surface area contributed by atoms with Gasteiger partial charge < -0.3 is 4.74 Å². The van der Waals surface area contributed by atoms with Crippen molar-refractivity contribution in [1.82, 2.24) is 9.29 Å². The molecule has 168 valence electrons. The minimum absolute atomic E-state index is 0.317. The fourth-order valence-electron chi connectivity index (χ4n) is 3.56. The van der Waals surface area contributed by atoms with Crippen molar-refractivity contribution in [1.29, 1.82) is 0 Å². The number of ether oxygens (including phenoxy) is 1. The lowest BCUT2D eigenvalue weighted by molar-refractivity contribution is 0.415. The molecule has 0 amide bonds. The van der Waals surface area contributed by atoms with Crippen molar-refractivity contribution in [3.05, 3.63) is 59.5 Å².